The molecule has 6 heteroatoms. The van der Waals surface area contributed by atoms with Gasteiger partial charge in [-0.05, 0) is 30.0 Å². The van der Waals surface area contributed by atoms with E-state index in [-0.39, 0.29) is 11.8 Å². The zero-order valence-corrected chi connectivity index (χ0v) is 13.4. The number of carbonyl (C=O) groups excluding carboxylic acids is 1. The van der Waals surface area contributed by atoms with Gasteiger partial charge in [0, 0.05) is 19.8 Å². The first-order chi connectivity index (χ1) is 11.2. The Labute approximate surface area is 135 Å². The third-order valence-electron chi connectivity index (χ3n) is 4.19. The molecule has 3 rings (SSSR count). The average molecular weight is 315 g/mol. The molecule has 0 saturated carbocycles. The number of para-hydroxylation sites is 1. The van der Waals surface area contributed by atoms with Crippen LogP contribution in [0.15, 0.2) is 30.6 Å². The number of methoxy groups -OCH3 is 1. The van der Waals surface area contributed by atoms with Crippen molar-refractivity contribution in [3.05, 3.63) is 41.7 Å². The summed E-state index contributed by atoms with van der Waals surface area (Å²) in [7, 11) is 3.46. The van der Waals surface area contributed by atoms with E-state index in [4.69, 9.17) is 9.47 Å². The Kier molecular flexibility index (Phi) is 4.50. The van der Waals surface area contributed by atoms with Crippen LogP contribution in [0, 0.1) is 5.92 Å². The second kappa shape index (κ2) is 6.73. The van der Waals surface area contributed by atoms with Crippen LogP contribution in [0.4, 0.5) is 0 Å². The smallest absolute Gasteiger partial charge is 0.229 e. The van der Waals surface area contributed by atoms with Crippen LogP contribution < -0.4 is 9.47 Å². The number of amides is 1. The highest BCUT2D eigenvalue weighted by Gasteiger charge is 2.29. The van der Waals surface area contributed by atoms with Crippen LogP contribution in [0.25, 0.3) is 0 Å². The van der Waals surface area contributed by atoms with Crippen molar-refractivity contribution in [2.45, 2.75) is 12.8 Å². The van der Waals surface area contributed by atoms with E-state index in [1.165, 1.54) is 0 Å². The van der Waals surface area contributed by atoms with Crippen LogP contribution >= 0.6 is 0 Å². The SMILES string of the molecule is COc1cccc2c1OC[C@H](C(=O)N(C)CCc1cn[nH]c1)C2. The first kappa shape index (κ1) is 15.4. The van der Waals surface area contributed by atoms with Crippen LogP contribution in [-0.2, 0) is 17.6 Å². The summed E-state index contributed by atoms with van der Waals surface area (Å²) in [5.74, 6) is 1.45. The molecule has 122 valence electrons. The van der Waals surface area contributed by atoms with Gasteiger partial charge in [-0.1, -0.05) is 12.1 Å². The molecule has 2 heterocycles. The van der Waals surface area contributed by atoms with Gasteiger partial charge in [-0.25, -0.2) is 0 Å². The van der Waals surface area contributed by atoms with Crippen molar-refractivity contribution >= 4 is 5.91 Å². The van der Waals surface area contributed by atoms with Gasteiger partial charge in [0.25, 0.3) is 0 Å². The average Bonchev–Trinajstić information content (AvgIpc) is 3.11. The molecule has 0 spiro atoms. The maximum Gasteiger partial charge on any atom is 0.229 e. The molecule has 23 heavy (non-hydrogen) atoms. The predicted octanol–water partition coefficient (Wildman–Crippen LogP) is 1.67. The number of aromatic amines is 1. The first-order valence-corrected chi connectivity index (χ1v) is 7.70. The van der Waals surface area contributed by atoms with Crippen molar-refractivity contribution in [1.82, 2.24) is 15.1 Å². The van der Waals surface area contributed by atoms with Crippen LogP contribution in [0.3, 0.4) is 0 Å². The summed E-state index contributed by atoms with van der Waals surface area (Å²) in [6, 6.07) is 5.79. The quantitative estimate of drug-likeness (QED) is 0.911. The summed E-state index contributed by atoms with van der Waals surface area (Å²) in [6.45, 7) is 1.06. The Morgan fingerprint density at radius 1 is 1.52 bits per heavy atom. The maximum atomic E-state index is 12.6. The molecule has 2 aromatic rings. The van der Waals surface area contributed by atoms with E-state index in [9.17, 15) is 4.79 Å². The minimum absolute atomic E-state index is 0.113. The van der Waals surface area contributed by atoms with E-state index in [0.717, 1.165) is 29.0 Å². The number of nitrogens with zero attached hydrogens (tertiary/aromatic N) is 2. The second-order valence-electron chi connectivity index (χ2n) is 5.78. The molecule has 0 aliphatic carbocycles. The van der Waals surface area contributed by atoms with Crippen LogP contribution in [0.2, 0.25) is 0 Å². The van der Waals surface area contributed by atoms with Crippen molar-refractivity contribution in [3.63, 3.8) is 0 Å². The molecule has 1 amide bonds. The normalized spacial score (nSPS) is 16.3. The molecule has 1 aromatic carbocycles. The largest absolute Gasteiger partial charge is 0.493 e. The molecular weight excluding hydrogens is 294 g/mol. The molecule has 1 aliphatic rings. The van der Waals surface area contributed by atoms with Crippen molar-refractivity contribution in [1.29, 1.82) is 0 Å². The van der Waals surface area contributed by atoms with E-state index in [1.54, 1.807) is 18.2 Å². The predicted molar refractivity (Wildman–Crippen MR) is 85.6 cm³/mol. The minimum Gasteiger partial charge on any atom is -0.493 e. The van der Waals surface area contributed by atoms with Gasteiger partial charge < -0.3 is 14.4 Å². The number of carbonyl (C=O) groups is 1. The minimum atomic E-state index is -0.149. The van der Waals surface area contributed by atoms with Crippen molar-refractivity contribution in [2.75, 3.05) is 27.3 Å². The number of nitrogens with one attached hydrogen (secondary N) is 1. The fourth-order valence-corrected chi connectivity index (χ4v) is 2.85. The number of hydrogen-bond acceptors (Lipinski definition) is 4. The van der Waals surface area contributed by atoms with Gasteiger partial charge in [-0.3, -0.25) is 9.89 Å². The Hall–Kier alpha value is -2.50. The van der Waals surface area contributed by atoms with Gasteiger partial charge in [0.2, 0.25) is 5.91 Å². The third kappa shape index (κ3) is 3.31. The van der Waals surface area contributed by atoms with Gasteiger partial charge >= 0.3 is 0 Å². The van der Waals surface area contributed by atoms with Crippen LogP contribution in [0.5, 0.6) is 11.5 Å². The molecule has 0 fully saturated rings. The maximum absolute atomic E-state index is 12.6. The van der Waals surface area contributed by atoms with Crippen molar-refractivity contribution in [3.8, 4) is 11.5 Å². The molecule has 1 aromatic heterocycles. The third-order valence-corrected chi connectivity index (χ3v) is 4.19. The zero-order chi connectivity index (χ0) is 16.2. The number of hydrogen-bond donors (Lipinski definition) is 1. The van der Waals surface area contributed by atoms with Gasteiger partial charge in [0.1, 0.15) is 6.61 Å². The highest BCUT2D eigenvalue weighted by atomic mass is 16.5. The monoisotopic (exact) mass is 315 g/mol. The van der Waals surface area contributed by atoms with E-state index >= 15 is 0 Å². The molecular formula is C17H21N3O3. The Morgan fingerprint density at radius 3 is 3.13 bits per heavy atom. The number of ether oxygens (including phenoxy) is 2. The molecule has 6 nitrogen and oxygen atoms in total. The Morgan fingerprint density at radius 2 is 2.39 bits per heavy atom. The molecule has 1 aliphatic heterocycles. The summed E-state index contributed by atoms with van der Waals surface area (Å²) in [5.41, 5.74) is 2.12. The molecule has 0 saturated heterocycles. The fourth-order valence-electron chi connectivity index (χ4n) is 2.85. The van der Waals surface area contributed by atoms with Gasteiger partial charge in [-0.2, -0.15) is 5.10 Å². The van der Waals surface area contributed by atoms with Gasteiger partial charge in [0.05, 0.1) is 19.2 Å². The Bertz CT molecular complexity index is 670. The van der Waals surface area contributed by atoms with Crippen LogP contribution in [-0.4, -0.2) is 48.3 Å². The van der Waals surface area contributed by atoms with E-state index < -0.39 is 0 Å². The summed E-state index contributed by atoms with van der Waals surface area (Å²) >= 11 is 0. The van der Waals surface area contributed by atoms with Gasteiger partial charge in [-0.15, -0.1) is 0 Å². The number of fused-ring (bicyclic) bond motifs is 1. The highest BCUT2D eigenvalue weighted by molar-refractivity contribution is 5.79. The lowest BCUT2D eigenvalue weighted by Crippen LogP contribution is -2.39. The number of likely N-dealkylation sites (N-methyl/N-ethyl adjacent to an activating group) is 1. The first-order valence-electron chi connectivity index (χ1n) is 7.70. The fraction of sp³-hybridized carbons (Fsp3) is 0.412. The van der Waals surface area contributed by atoms with Crippen molar-refractivity contribution < 1.29 is 14.3 Å². The summed E-state index contributed by atoms with van der Waals surface area (Å²) in [4.78, 5) is 14.4. The lowest BCUT2D eigenvalue weighted by molar-refractivity contribution is -0.135. The second-order valence-corrected chi connectivity index (χ2v) is 5.78. The summed E-state index contributed by atoms with van der Waals surface area (Å²) < 4.78 is 11.1. The van der Waals surface area contributed by atoms with Crippen LogP contribution in [0.1, 0.15) is 11.1 Å². The molecule has 0 radical (unpaired) electrons. The van der Waals surface area contributed by atoms with E-state index in [2.05, 4.69) is 10.2 Å². The number of rotatable bonds is 5. The lowest BCUT2D eigenvalue weighted by atomic mass is 9.95. The van der Waals surface area contributed by atoms with E-state index in [1.807, 2.05) is 31.4 Å². The molecule has 1 atom stereocenters. The number of benzene rings is 1. The topological polar surface area (TPSA) is 67.5 Å². The lowest BCUT2D eigenvalue weighted by Gasteiger charge is -2.29. The number of aromatic nitrogens is 2. The molecule has 1 N–H and O–H groups in total. The summed E-state index contributed by atoms with van der Waals surface area (Å²) in [6.07, 6.45) is 5.10. The Balaban J connectivity index is 1.62. The molecule has 0 unspecified atom stereocenters. The van der Waals surface area contributed by atoms with E-state index in [0.29, 0.717) is 19.6 Å². The highest BCUT2D eigenvalue weighted by Crippen LogP contribution is 2.36. The summed E-state index contributed by atoms with van der Waals surface area (Å²) in [5, 5.41) is 6.70. The number of H-pyrrole nitrogens is 1. The van der Waals surface area contributed by atoms with Gasteiger partial charge in [0.15, 0.2) is 11.5 Å². The zero-order valence-electron chi connectivity index (χ0n) is 13.4. The molecule has 0 bridgehead atoms. The standard InChI is InChI=1S/C17H21N3O3/c1-20(7-6-12-9-18-19-10-12)17(21)14-8-13-4-3-5-15(22-2)16(13)23-11-14/h3-5,9-10,14H,6-8,11H2,1-2H3,(H,18,19)/t14-/m1/s1. The van der Waals surface area contributed by atoms with Crippen molar-refractivity contribution in [2.24, 2.45) is 5.92 Å².